The lowest BCUT2D eigenvalue weighted by atomic mass is 10.2. The lowest BCUT2D eigenvalue weighted by Gasteiger charge is -2.27. The number of aliphatic carboxylic acids is 2. The van der Waals surface area contributed by atoms with E-state index in [1.807, 2.05) is 18.2 Å². The molecule has 1 aliphatic heterocycles. The largest absolute Gasteiger partial charge is 0.550 e. The molecule has 0 aromatic heterocycles. The number of hydrogen-bond acceptors (Lipinski definition) is 5. The van der Waals surface area contributed by atoms with Gasteiger partial charge in [-0.2, -0.15) is 0 Å². The molecule has 1 aromatic carbocycles. The molecule has 136 valence electrons. The fraction of sp³-hybridized carbons (Fsp3) is 0.467. The number of nitrogens with zero attached hydrogens (tertiary/aromatic N) is 1. The van der Waals surface area contributed by atoms with Gasteiger partial charge in [0, 0.05) is 16.7 Å². The molecule has 9 heteroatoms. The van der Waals surface area contributed by atoms with Crippen molar-refractivity contribution in [3.05, 3.63) is 29.3 Å². The monoisotopic (exact) mass is 361 g/mol. The third-order valence-corrected chi connectivity index (χ3v) is 3.59. The Hall–Kier alpha value is -1.87. The SMILES string of the molecule is Clc1cccc(N2CC[NH2+]CC2)c1.NC(CCC(=O)[O-])C(=O)O.O. The molecule has 0 radical (unpaired) electrons. The molecule has 1 saturated heterocycles. The van der Waals surface area contributed by atoms with Crippen molar-refractivity contribution in [3.8, 4) is 0 Å². The normalized spacial score (nSPS) is 14.7. The smallest absolute Gasteiger partial charge is 0.320 e. The molecule has 1 fully saturated rings. The molecule has 1 atom stereocenters. The van der Waals surface area contributed by atoms with Crippen molar-refractivity contribution in [1.82, 2.24) is 0 Å². The lowest BCUT2D eigenvalue weighted by molar-refractivity contribution is -0.655. The summed E-state index contributed by atoms with van der Waals surface area (Å²) < 4.78 is 0. The Morgan fingerprint density at radius 1 is 1.38 bits per heavy atom. The number of nitrogens with two attached hydrogens (primary N) is 2. The molecule has 7 N–H and O–H groups in total. The van der Waals surface area contributed by atoms with Gasteiger partial charge in [-0.1, -0.05) is 17.7 Å². The number of rotatable bonds is 5. The number of anilines is 1. The maximum Gasteiger partial charge on any atom is 0.320 e. The van der Waals surface area contributed by atoms with Crippen molar-refractivity contribution in [2.75, 3.05) is 31.1 Å². The Morgan fingerprint density at radius 3 is 2.50 bits per heavy atom. The summed E-state index contributed by atoms with van der Waals surface area (Å²) in [5, 5.41) is 21.1. The molecular formula is C15H24ClN3O5. The zero-order valence-corrected chi connectivity index (χ0v) is 14.0. The van der Waals surface area contributed by atoms with Gasteiger partial charge >= 0.3 is 5.97 Å². The van der Waals surface area contributed by atoms with Crippen LogP contribution in [0.3, 0.4) is 0 Å². The Labute approximate surface area is 145 Å². The van der Waals surface area contributed by atoms with E-state index >= 15 is 0 Å². The highest BCUT2D eigenvalue weighted by Crippen LogP contribution is 2.18. The van der Waals surface area contributed by atoms with Gasteiger partial charge in [-0.05, 0) is 31.0 Å². The fourth-order valence-electron chi connectivity index (χ4n) is 2.08. The summed E-state index contributed by atoms with van der Waals surface area (Å²) in [5.41, 5.74) is 6.22. The summed E-state index contributed by atoms with van der Waals surface area (Å²) in [4.78, 5) is 22.1. The number of carbonyl (C=O) groups excluding carboxylic acids is 1. The Morgan fingerprint density at radius 2 is 2.00 bits per heavy atom. The number of piperazine rings is 1. The molecule has 0 amide bonds. The van der Waals surface area contributed by atoms with Gasteiger partial charge in [0.05, 0.1) is 26.2 Å². The predicted molar refractivity (Wildman–Crippen MR) is 88.8 cm³/mol. The van der Waals surface area contributed by atoms with Crippen LogP contribution in [-0.4, -0.2) is 54.7 Å². The number of hydrogen-bond donors (Lipinski definition) is 3. The van der Waals surface area contributed by atoms with Crippen LogP contribution in [0.5, 0.6) is 0 Å². The summed E-state index contributed by atoms with van der Waals surface area (Å²) >= 11 is 5.93. The van der Waals surface area contributed by atoms with E-state index in [9.17, 15) is 14.7 Å². The van der Waals surface area contributed by atoms with E-state index in [1.165, 1.54) is 18.8 Å². The Balaban J connectivity index is 0.000000441. The van der Waals surface area contributed by atoms with Crippen LogP contribution in [0.25, 0.3) is 0 Å². The van der Waals surface area contributed by atoms with Gasteiger partial charge in [-0.3, -0.25) is 4.79 Å². The highest BCUT2D eigenvalue weighted by molar-refractivity contribution is 6.30. The van der Waals surface area contributed by atoms with Crippen LogP contribution in [0.15, 0.2) is 24.3 Å². The standard InChI is InChI=1S/C10H13ClN2.C5H9NO4.H2O/c11-9-2-1-3-10(8-9)13-6-4-12-5-7-13;6-3(5(9)10)1-2-4(7)8;/h1-3,8,12H,4-7H2;3H,1-2,6H2,(H,7,8)(H,9,10);1H2. The minimum absolute atomic E-state index is 0. The minimum atomic E-state index is -1.28. The minimum Gasteiger partial charge on any atom is -0.550 e. The van der Waals surface area contributed by atoms with Crippen LogP contribution in [0.4, 0.5) is 5.69 Å². The van der Waals surface area contributed by atoms with Gasteiger partial charge in [-0.25, -0.2) is 0 Å². The second kappa shape index (κ2) is 11.6. The highest BCUT2D eigenvalue weighted by atomic mass is 35.5. The molecule has 0 spiro atoms. The first-order valence-corrected chi connectivity index (χ1v) is 7.78. The van der Waals surface area contributed by atoms with E-state index in [0.717, 1.165) is 18.1 Å². The van der Waals surface area contributed by atoms with Crippen LogP contribution in [-0.2, 0) is 9.59 Å². The molecule has 24 heavy (non-hydrogen) atoms. The second-order valence-electron chi connectivity index (χ2n) is 5.19. The van der Waals surface area contributed by atoms with E-state index in [0.29, 0.717) is 0 Å². The molecular weight excluding hydrogens is 338 g/mol. The van der Waals surface area contributed by atoms with Crippen molar-refractivity contribution in [2.45, 2.75) is 18.9 Å². The van der Waals surface area contributed by atoms with Gasteiger partial charge < -0.3 is 36.4 Å². The first-order valence-electron chi connectivity index (χ1n) is 7.40. The van der Waals surface area contributed by atoms with E-state index in [4.69, 9.17) is 22.4 Å². The molecule has 1 aliphatic rings. The maximum absolute atomic E-state index is 9.97. The van der Waals surface area contributed by atoms with Crippen LogP contribution >= 0.6 is 11.6 Å². The number of carboxylic acids is 2. The molecule has 0 bridgehead atoms. The average Bonchev–Trinajstić information content (AvgIpc) is 2.54. The molecule has 0 saturated carbocycles. The summed E-state index contributed by atoms with van der Waals surface area (Å²) in [6.45, 7) is 4.62. The van der Waals surface area contributed by atoms with E-state index < -0.39 is 18.0 Å². The zero-order chi connectivity index (χ0) is 17.2. The number of quaternary nitrogens is 1. The van der Waals surface area contributed by atoms with Crippen molar-refractivity contribution in [3.63, 3.8) is 0 Å². The molecule has 1 aromatic rings. The average molecular weight is 362 g/mol. The molecule has 2 rings (SSSR count). The summed E-state index contributed by atoms with van der Waals surface area (Å²) in [7, 11) is 0. The van der Waals surface area contributed by atoms with Crippen LogP contribution in [0, 0.1) is 0 Å². The fourth-order valence-corrected chi connectivity index (χ4v) is 2.26. The summed E-state index contributed by atoms with van der Waals surface area (Å²) in [6.07, 6.45) is -0.398. The van der Waals surface area contributed by atoms with Crippen LogP contribution in [0.2, 0.25) is 5.02 Å². The van der Waals surface area contributed by atoms with Gasteiger partial charge in [0.15, 0.2) is 0 Å². The second-order valence-corrected chi connectivity index (χ2v) is 5.62. The highest BCUT2D eigenvalue weighted by Gasteiger charge is 2.12. The van der Waals surface area contributed by atoms with E-state index in [-0.39, 0.29) is 18.3 Å². The number of halogens is 1. The molecule has 1 unspecified atom stereocenters. The third-order valence-electron chi connectivity index (χ3n) is 3.36. The van der Waals surface area contributed by atoms with Gasteiger partial charge in [0.2, 0.25) is 0 Å². The molecule has 0 aliphatic carbocycles. The quantitative estimate of drug-likeness (QED) is 0.542. The van der Waals surface area contributed by atoms with Gasteiger partial charge in [0.25, 0.3) is 0 Å². The van der Waals surface area contributed by atoms with Crippen LogP contribution < -0.4 is 21.1 Å². The van der Waals surface area contributed by atoms with Gasteiger partial charge in [-0.15, -0.1) is 0 Å². The number of carboxylic acid groups (broad SMARTS) is 2. The molecule has 1 heterocycles. The van der Waals surface area contributed by atoms with Crippen LogP contribution in [0.1, 0.15) is 12.8 Å². The molecule has 8 nitrogen and oxygen atoms in total. The Kier molecular flexibility index (Phi) is 10.7. The first kappa shape index (κ1) is 22.1. The van der Waals surface area contributed by atoms with Gasteiger partial charge in [0.1, 0.15) is 6.04 Å². The summed E-state index contributed by atoms with van der Waals surface area (Å²) in [5.74, 6) is -2.47. The third kappa shape index (κ3) is 8.68. The lowest BCUT2D eigenvalue weighted by Crippen LogP contribution is -2.89. The predicted octanol–water partition coefficient (Wildman–Crippen LogP) is -2.17. The first-order chi connectivity index (χ1) is 10.9. The Bertz CT molecular complexity index is 524. The maximum atomic E-state index is 9.97. The number of benzene rings is 1. The number of carbonyl (C=O) groups is 2. The summed E-state index contributed by atoms with van der Waals surface area (Å²) in [6, 6.07) is 6.99. The topological polar surface area (TPSA) is 155 Å². The van der Waals surface area contributed by atoms with Crippen molar-refractivity contribution < 1.29 is 30.6 Å². The van der Waals surface area contributed by atoms with E-state index in [1.54, 1.807) is 0 Å². The van der Waals surface area contributed by atoms with Crippen molar-refractivity contribution in [1.29, 1.82) is 0 Å². The van der Waals surface area contributed by atoms with Crippen molar-refractivity contribution in [2.24, 2.45) is 5.73 Å². The van der Waals surface area contributed by atoms with Crippen molar-refractivity contribution >= 4 is 29.2 Å². The zero-order valence-electron chi connectivity index (χ0n) is 13.3. The van der Waals surface area contributed by atoms with E-state index in [2.05, 4.69) is 16.3 Å².